The van der Waals surface area contributed by atoms with Crippen LogP contribution in [0.2, 0.25) is 0 Å². The summed E-state index contributed by atoms with van der Waals surface area (Å²) in [5.41, 5.74) is 1.51. The van der Waals surface area contributed by atoms with Crippen molar-refractivity contribution in [3.8, 4) is 0 Å². The Morgan fingerprint density at radius 2 is 1.49 bits per heavy atom. The van der Waals surface area contributed by atoms with Gasteiger partial charge in [-0.3, -0.25) is 4.79 Å². The predicted octanol–water partition coefficient (Wildman–Crippen LogP) is 1.40. The average Bonchev–Trinajstić information content (AvgIpc) is 3.74. The van der Waals surface area contributed by atoms with Crippen LogP contribution in [0.3, 0.4) is 0 Å². The van der Waals surface area contributed by atoms with Crippen molar-refractivity contribution in [2.24, 2.45) is 46.3 Å². The van der Waals surface area contributed by atoms with E-state index in [0.717, 1.165) is 51.6 Å². The number of aliphatic hydroxyl groups is 7. The fourth-order valence-electron chi connectivity index (χ4n) is 14.6. The molecule has 1 amide bonds. The zero-order valence-electron chi connectivity index (χ0n) is 40.3. The third-order valence-corrected chi connectivity index (χ3v) is 18.4. The molecule has 8 N–H and O–H groups in total. The Morgan fingerprint density at radius 1 is 0.776 bits per heavy atom. The van der Waals surface area contributed by atoms with Gasteiger partial charge >= 0.3 is 0 Å². The van der Waals surface area contributed by atoms with E-state index in [1.165, 1.54) is 19.4 Å². The van der Waals surface area contributed by atoms with E-state index in [2.05, 4.69) is 39.1 Å². The Kier molecular flexibility index (Phi) is 14.7. The normalized spacial score (nSPS) is 54.1. The molecule has 1 unspecified atom stereocenters. The molecule has 0 bridgehead atoms. The monoisotopic (exact) mass is 954 g/mol. The van der Waals surface area contributed by atoms with Crippen LogP contribution in [0.15, 0.2) is 11.6 Å². The number of nitrogens with one attached hydrogen (secondary N) is 1. The zero-order valence-corrected chi connectivity index (χ0v) is 40.3. The number of hydrogen-bond acceptors (Lipinski definition) is 17. The summed E-state index contributed by atoms with van der Waals surface area (Å²) in [6, 6.07) is 0. The van der Waals surface area contributed by atoms with Crippen molar-refractivity contribution >= 4 is 5.91 Å². The molecule has 3 saturated carbocycles. The number of amides is 1. The van der Waals surface area contributed by atoms with Crippen LogP contribution in [0.25, 0.3) is 0 Å². The molecule has 0 radical (unpaired) electrons. The highest BCUT2D eigenvalue weighted by atomic mass is 16.8. The maximum atomic E-state index is 12.2. The zero-order chi connectivity index (χ0) is 47.9. The van der Waals surface area contributed by atoms with E-state index in [-0.39, 0.29) is 42.1 Å². The molecule has 5 heterocycles. The van der Waals surface area contributed by atoms with E-state index >= 15 is 0 Å². The number of hydrogen-bond donors (Lipinski definition) is 8. The fraction of sp³-hybridized carbons (Fsp3) is 0.939. The van der Waals surface area contributed by atoms with Gasteiger partial charge in [0.05, 0.1) is 44.2 Å². The summed E-state index contributed by atoms with van der Waals surface area (Å²) in [5.74, 6) is 2.34. The number of allylic oxidation sites excluding steroid dienone is 1. The van der Waals surface area contributed by atoms with Crippen molar-refractivity contribution in [2.45, 2.75) is 216 Å². The minimum Gasteiger partial charge on any atom is -0.394 e. The molecule has 9 rings (SSSR count). The highest BCUT2D eigenvalue weighted by molar-refractivity contribution is 5.72. The van der Waals surface area contributed by atoms with Crippen LogP contribution in [0, 0.1) is 46.3 Å². The molecule has 8 fully saturated rings. The first-order valence-corrected chi connectivity index (χ1v) is 25.3. The molecule has 18 nitrogen and oxygen atoms in total. The first-order valence-electron chi connectivity index (χ1n) is 25.3. The maximum Gasteiger partial charge on any atom is 0.216 e. The highest BCUT2D eigenvalue weighted by Crippen LogP contribution is 2.70. The molecule has 4 aliphatic carbocycles. The fourth-order valence-corrected chi connectivity index (χ4v) is 14.6. The molecule has 1 spiro atoms. The Hall–Kier alpha value is -1.43. The number of carbonyl (C=O) groups excluding carboxylic acids is 1. The van der Waals surface area contributed by atoms with Crippen LogP contribution >= 0.6 is 0 Å². The van der Waals surface area contributed by atoms with Gasteiger partial charge < -0.3 is 83.7 Å². The molecule has 67 heavy (non-hydrogen) atoms. The Labute approximate surface area is 394 Å². The van der Waals surface area contributed by atoms with Crippen LogP contribution in [0.4, 0.5) is 0 Å². The van der Waals surface area contributed by atoms with Crippen LogP contribution in [0.5, 0.6) is 0 Å². The third-order valence-electron chi connectivity index (χ3n) is 18.4. The molecule has 0 aromatic rings. The topological polar surface area (TPSA) is 254 Å². The quantitative estimate of drug-likeness (QED) is 0.108. The van der Waals surface area contributed by atoms with Gasteiger partial charge in [-0.15, -0.1) is 0 Å². The van der Waals surface area contributed by atoms with Gasteiger partial charge in [0.1, 0.15) is 61.0 Å². The summed E-state index contributed by atoms with van der Waals surface area (Å²) < 4.78 is 56.6. The third kappa shape index (κ3) is 9.00. The van der Waals surface area contributed by atoms with Crippen molar-refractivity contribution in [2.75, 3.05) is 26.4 Å². The molecule has 9 aliphatic rings. The summed E-state index contributed by atoms with van der Waals surface area (Å²) in [7, 11) is 0. The standard InChI is InChI=1S/C49H79NO17/c1-22-10-15-49(60-21-22)23(2)34-32(67-49)19-31-29-9-8-27-18-28(11-13-47(27,6)30(29)12-14-48(31,34)7)63-46-43(66-44-38(56)36(54)35(53)24(3)61-44)40(58)42(33(20-51)64-46)65-45-39(57)37(55)41(25(4)62-45)59-17-16-50-26(5)52/h8,22-25,28-46,51,53-58H,9-21H2,1-7H3,(H,50,52)/t22-,23-,24+,25+,28-,29+,30-,31?,32-,33+,34-,35+,36-,37+,38-,39-,40-,41+,42+,43+,44+,45+,46+,47-,48-,49+/m0/s1. The van der Waals surface area contributed by atoms with E-state index in [1.54, 1.807) is 6.92 Å². The lowest BCUT2D eigenvalue weighted by molar-refractivity contribution is -0.389. The van der Waals surface area contributed by atoms with Gasteiger partial charge in [0.2, 0.25) is 5.91 Å². The van der Waals surface area contributed by atoms with Crippen molar-refractivity contribution in [3.63, 3.8) is 0 Å². The number of aliphatic hydroxyl groups excluding tert-OH is 7. The molecule has 0 aromatic heterocycles. The Bertz CT molecular complexity index is 1770. The van der Waals surface area contributed by atoms with Gasteiger partial charge in [0.15, 0.2) is 24.7 Å². The van der Waals surface area contributed by atoms with E-state index in [9.17, 15) is 40.5 Å². The Balaban J connectivity index is 0.895. The summed E-state index contributed by atoms with van der Waals surface area (Å²) >= 11 is 0. The second-order valence-electron chi connectivity index (χ2n) is 22.4. The number of carbonyl (C=O) groups is 1. The number of fused-ring (bicyclic) bond motifs is 7. The highest BCUT2D eigenvalue weighted by Gasteiger charge is 2.69. The van der Waals surface area contributed by atoms with Crippen LogP contribution in [-0.4, -0.2) is 178 Å². The Morgan fingerprint density at radius 3 is 2.19 bits per heavy atom. The summed E-state index contributed by atoms with van der Waals surface area (Å²) in [6.45, 7) is 14.4. The SMILES string of the molecule is CC(=O)NCCO[C@H]1[C@H](O)[C@H](O)[C@@H](O[C@H]2[C@H](O)[C@@H](O[C@H]3O[C@H](C)[C@@H](O)[C@H](O)[C@@H]3O)[C@H](O[C@H]3CC[C@@]4(C)C(=CC[C@H]5C6C[C@@H]7O[C@]8(CC[C@H](C)CO8)[C@@H](C)[C@@H]7[C@@]6(C)CC[C@@H]54)C3)O[C@@H]2CO)O[C@@H]1C. The van der Waals surface area contributed by atoms with E-state index < -0.39 is 105 Å². The van der Waals surface area contributed by atoms with Gasteiger partial charge in [-0.05, 0) is 106 Å². The van der Waals surface area contributed by atoms with Gasteiger partial charge in [-0.1, -0.05) is 39.3 Å². The largest absolute Gasteiger partial charge is 0.394 e. The summed E-state index contributed by atoms with van der Waals surface area (Å²) in [6.07, 6.45) is -9.87. The van der Waals surface area contributed by atoms with E-state index in [4.69, 9.17) is 42.6 Å². The van der Waals surface area contributed by atoms with E-state index in [0.29, 0.717) is 48.3 Å². The van der Waals surface area contributed by atoms with Crippen molar-refractivity contribution in [3.05, 3.63) is 11.6 Å². The summed E-state index contributed by atoms with van der Waals surface area (Å²) in [5, 5.41) is 79.9. The minimum atomic E-state index is -1.72. The van der Waals surface area contributed by atoms with Gasteiger partial charge in [-0.25, -0.2) is 0 Å². The minimum absolute atomic E-state index is 0.0291. The molecule has 5 aliphatic heterocycles. The first-order chi connectivity index (χ1) is 31.8. The molecule has 26 atom stereocenters. The molecule has 0 aromatic carbocycles. The van der Waals surface area contributed by atoms with Gasteiger partial charge in [0, 0.05) is 25.8 Å². The molecular formula is C49H79NO17. The smallest absolute Gasteiger partial charge is 0.216 e. The molecule has 18 heteroatoms. The number of ether oxygens (including phenoxy) is 9. The lowest BCUT2D eigenvalue weighted by Gasteiger charge is -2.58. The van der Waals surface area contributed by atoms with Gasteiger partial charge in [0.25, 0.3) is 0 Å². The predicted molar refractivity (Wildman–Crippen MR) is 235 cm³/mol. The van der Waals surface area contributed by atoms with Gasteiger partial charge in [-0.2, -0.15) is 0 Å². The first kappa shape index (κ1) is 50.5. The number of rotatable bonds is 11. The summed E-state index contributed by atoms with van der Waals surface area (Å²) in [4.78, 5) is 11.3. The van der Waals surface area contributed by atoms with E-state index in [1.807, 2.05) is 0 Å². The molecule has 5 saturated heterocycles. The van der Waals surface area contributed by atoms with Crippen molar-refractivity contribution in [1.29, 1.82) is 0 Å². The van der Waals surface area contributed by atoms with Crippen molar-refractivity contribution in [1.82, 2.24) is 5.32 Å². The molecule has 382 valence electrons. The lowest BCUT2D eigenvalue weighted by atomic mass is 9.47. The maximum absolute atomic E-state index is 12.2. The molecular weight excluding hydrogens is 875 g/mol. The lowest BCUT2D eigenvalue weighted by Crippen LogP contribution is -2.66. The second kappa shape index (κ2) is 19.5. The van der Waals surface area contributed by atoms with Crippen LogP contribution in [-0.2, 0) is 47.4 Å². The van der Waals surface area contributed by atoms with Crippen LogP contribution < -0.4 is 5.32 Å². The second-order valence-corrected chi connectivity index (χ2v) is 22.4. The van der Waals surface area contributed by atoms with Crippen molar-refractivity contribution < 1.29 is 83.2 Å². The average molecular weight is 954 g/mol. The van der Waals surface area contributed by atoms with Crippen LogP contribution in [0.1, 0.15) is 106 Å².